The van der Waals surface area contributed by atoms with E-state index in [9.17, 15) is 4.79 Å². The van der Waals surface area contributed by atoms with Gasteiger partial charge in [0.2, 0.25) is 5.91 Å². The van der Waals surface area contributed by atoms with E-state index in [1.54, 1.807) is 0 Å². The molecule has 1 amide bonds. The molecule has 7 heteroatoms. The van der Waals surface area contributed by atoms with Crippen LogP contribution in [0.2, 0.25) is 0 Å². The lowest BCUT2D eigenvalue weighted by atomic mass is 10.1. The standard InChI is InChI=1S/C21H24N4O2S/c1-3-25-20(17-9-7-8-16(2)14-17)23-24-21(25)28-15-19(26)22-12-13-27-18-10-5-4-6-11-18/h4-11,14H,3,12-13,15H2,1-2H3,(H,22,26). The minimum Gasteiger partial charge on any atom is -0.492 e. The smallest absolute Gasteiger partial charge is 0.230 e. The molecule has 3 aromatic rings. The zero-order chi connectivity index (χ0) is 19.8. The third-order valence-electron chi connectivity index (χ3n) is 4.08. The third kappa shape index (κ3) is 5.36. The van der Waals surface area contributed by atoms with Crippen LogP contribution < -0.4 is 10.1 Å². The molecule has 0 atom stereocenters. The molecule has 146 valence electrons. The van der Waals surface area contributed by atoms with Gasteiger partial charge < -0.3 is 14.6 Å². The number of thioether (sulfide) groups is 1. The van der Waals surface area contributed by atoms with Crippen LogP contribution in [-0.4, -0.2) is 39.6 Å². The number of benzene rings is 2. The van der Waals surface area contributed by atoms with Gasteiger partial charge in [-0.25, -0.2) is 0 Å². The fraction of sp³-hybridized carbons (Fsp3) is 0.286. The topological polar surface area (TPSA) is 69.0 Å². The molecule has 28 heavy (non-hydrogen) atoms. The first-order chi connectivity index (χ1) is 13.7. The Kier molecular flexibility index (Phi) is 7.08. The van der Waals surface area contributed by atoms with Crippen LogP contribution in [0.15, 0.2) is 59.8 Å². The molecule has 0 aliphatic carbocycles. The number of rotatable bonds is 9. The number of ether oxygens (including phenoxy) is 1. The van der Waals surface area contributed by atoms with E-state index in [0.717, 1.165) is 28.8 Å². The number of carbonyl (C=O) groups is 1. The molecule has 1 heterocycles. The summed E-state index contributed by atoms with van der Waals surface area (Å²) in [5.41, 5.74) is 2.21. The summed E-state index contributed by atoms with van der Waals surface area (Å²) < 4.78 is 7.60. The maximum absolute atomic E-state index is 12.1. The highest BCUT2D eigenvalue weighted by atomic mass is 32.2. The van der Waals surface area contributed by atoms with Gasteiger partial charge in [-0.3, -0.25) is 4.79 Å². The Morgan fingerprint density at radius 1 is 1.14 bits per heavy atom. The molecule has 0 fully saturated rings. The van der Waals surface area contributed by atoms with Crippen LogP contribution in [0.3, 0.4) is 0 Å². The van der Waals surface area contributed by atoms with Crippen molar-refractivity contribution in [1.29, 1.82) is 0 Å². The lowest BCUT2D eigenvalue weighted by molar-refractivity contribution is -0.118. The molecule has 0 radical (unpaired) electrons. The molecule has 2 aromatic carbocycles. The highest BCUT2D eigenvalue weighted by Crippen LogP contribution is 2.24. The van der Waals surface area contributed by atoms with Crippen LogP contribution in [0.1, 0.15) is 12.5 Å². The summed E-state index contributed by atoms with van der Waals surface area (Å²) in [5.74, 6) is 1.86. The average molecular weight is 397 g/mol. The van der Waals surface area contributed by atoms with Crippen molar-refractivity contribution in [1.82, 2.24) is 20.1 Å². The molecule has 0 spiro atoms. The Morgan fingerprint density at radius 2 is 1.96 bits per heavy atom. The minimum absolute atomic E-state index is 0.0515. The number of para-hydroxylation sites is 1. The van der Waals surface area contributed by atoms with Crippen molar-refractivity contribution in [2.75, 3.05) is 18.9 Å². The first-order valence-electron chi connectivity index (χ1n) is 9.25. The summed E-state index contributed by atoms with van der Waals surface area (Å²) in [4.78, 5) is 12.1. The first kappa shape index (κ1) is 19.9. The molecular formula is C21H24N4O2S. The molecule has 0 saturated carbocycles. The fourth-order valence-electron chi connectivity index (χ4n) is 2.74. The molecule has 1 N–H and O–H groups in total. The number of nitrogens with one attached hydrogen (secondary N) is 1. The van der Waals surface area contributed by atoms with E-state index >= 15 is 0 Å². The highest BCUT2D eigenvalue weighted by Gasteiger charge is 2.14. The van der Waals surface area contributed by atoms with Crippen molar-refractivity contribution in [2.24, 2.45) is 0 Å². The summed E-state index contributed by atoms with van der Waals surface area (Å²) in [6.45, 7) is 5.74. The van der Waals surface area contributed by atoms with E-state index in [0.29, 0.717) is 13.2 Å². The average Bonchev–Trinajstić information content (AvgIpc) is 3.13. The fourth-order valence-corrected chi connectivity index (χ4v) is 3.57. The van der Waals surface area contributed by atoms with Crippen molar-refractivity contribution in [3.8, 4) is 17.1 Å². The molecule has 0 unspecified atom stereocenters. The highest BCUT2D eigenvalue weighted by molar-refractivity contribution is 7.99. The Hall–Kier alpha value is -2.80. The SMILES string of the molecule is CCn1c(SCC(=O)NCCOc2ccccc2)nnc1-c1cccc(C)c1. The van der Waals surface area contributed by atoms with E-state index in [1.165, 1.54) is 17.3 Å². The van der Waals surface area contributed by atoms with Gasteiger partial charge in [-0.1, -0.05) is 53.7 Å². The predicted octanol–water partition coefficient (Wildman–Crippen LogP) is 3.56. The molecule has 0 saturated heterocycles. The van der Waals surface area contributed by atoms with Gasteiger partial charge in [-0.05, 0) is 32.0 Å². The van der Waals surface area contributed by atoms with Crippen molar-refractivity contribution >= 4 is 17.7 Å². The van der Waals surface area contributed by atoms with Crippen LogP contribution >= 0.6 is 11.8 Å². The van der Waals surface area contributed by atoms with Gasteiger partial charge in [0.15, 0.2) is 11.0 Å². The minimum atomic E-state index is -0.0515. The van der Waals surface area contributed by atoms with Crippen LogP contribution in [-0.2, 0) is 11.3 Å². The number of aryl methyl sites for hydroxylation is 1. The summed E-state index contributed by atoms with van der Waals surface area (Å²) in [6.07, 6.45) is 0. The largest absolute Gasteiger partial charge is 0.492 e. The second-order valence-corrected chi connectivity index (χ2v) is 7.16. The monoisotopic (exact) mass is 396 g/mol. The van der Waals surface area contributed by atoms with Gasteiger partial charge >= 0.3 is 0 Å². The third-order valence-corrected chi connectivity index (χ3v) is 5.04. The quantitative estimate of drug-likeness (QED) is 0.442. The van der Waals surface area contributed by atoms with Crippen LogP contribution in [0, 0.1) is 6.92 Å². The van der Waals surface area contributed by atoms with Gasteiger partial charge in [0.05, 0.1) is 12.3 Å². The van der Waals surface area contributed by atoms with E-state index in [-0.39, 0.29) is 11.7 Å². The van der Waals surface area contributed by atoms with Crippen LogP contribution in [0.4, 0.5) is 0 Å². The Morgan fingerprint density at radius 3 is 2.71 bits per heavy atom. The van der Waals surface area contributed by atoms with Gasteiger partial charge in [-0.2, -0.15) is 0 Å². The number of hydrogen-bond acceptors (Lipinski definition) is 5. The zero-order valence-corrected chi connectivity index (χ0v) is 16.9. The van der Waals surface area contributed by atoms with E-state index < -0.39 is 0 Å². The lowest BCUT2D eigenvalue weighted by Gasteiger charge is -2.09. The molecule has 0 aliphatic heterocycles. The van der Waals surface area contributed by atoms with Crippen molar-refractivity contribution in [3.05, 3.63) is 60.2 Å². The summed E-state index contributed by atoms with van der Waals surface area (Å²) in [7, 11) is 0. The van der Waals surface area contributed by atoms with Crippen LogP contribution in [0.25, 0.3) is 11.4 Å². The Labute approximate surface area is 169 Å². The summed E-state index contributed by atoms with van der Waals surface area (Å²) in [6, 6.07) is 17.7. The van der Waals surface area contributed by atoms with Gasteiger partial charge in [0.1, 0.15) is 12.4 Å². The normalized spacial score (nSPS) is 10.6. The van der Waals surface area contributed by atoms with E-state index in [2.05, 4.69) is 34.6 Å². The number of hydrogen-bond donors (Lipinski definition) is 1. The van der Waals surface area contributed by atoms with Crippen molar-refractivity contribution < 1.29 is 9.53 Å². The number of carbonyl (C=O) groups excluding carboxylic acids is 1. The predicted molar refractivity (Wildman–Crippen MR) is 112 cm³/mol. The maximum Gasteiger partial charge on any atom is 0.230 e. The molecule has 6 nitrogen and oxygen atoms in total. The molecule has 0 bridgehead atoms. The number of aromatic nitrogens is 3. The molecular weight excluding hydrogens is 372 g/mol. The molecule has 3 rings (SSSR count). The summed E-state index contributed by atoms with van der Waals surface area (Å²) >= 11 is 1.39. The zero-order valence-electron chi connectivity index (χ0n) is 16.1. The second-order valence-electron chi connectivity index (χ2n) is 6.22. The Balaban J connectivity index is 1.49. The second kappa shape index (κ2) is 9.94. The Bertz CT molecular complexity index is 912. The van der Waals surface area contributed by atoms with Gasteiger partial charge in [0, 0.05) is 12.1 Å². The van der Waals surface area contributed by atoms with Crippen molar-refractivity contribution in [3.63, 3.8) is 0 Å². The maximum atomic E-state index is 12.1. The molecule has 0 aliphatic rings. The molecule has 1 aromatic heterocycles. The lowest BCUT2D eigenvalue weighted by Crippen LogP contribution is -2.29. The van der Waals surface area contributed by atoms with E-state index in [1.807, 2.05) is 54.0 Å². The van der Waals surface area contributed by atoms with E-state index in [4.69, 9.17) is 4.74 Å². The number of nitrogens with zero attached hydrogens (tertiary/aromatic N) is 3. The number of amides is 1. The van der Waals surface area contributed by atoms with Gasteiger partial charge in [-0.15, -0.1) is 10.2 Å². The van der Waals surface area contributed by atoms with Crippen LogP contribution in [0.5, 0.6) is 5.75 Å². The first-order valence-corrected chi connectivity index (χ1v) is 10.2. The van der Waals surface area contributed by atoms with Gasteiger partial charge in [0.25, 0.3) is 0 Å². The van der Waals surface area contributed by atoms with Crippen molar-refractivity contribution in [2.45, 2.75) is 25.5 Å². The summed E-state index contributed by atoms with van der Waals surface area (Å²) in [5, 5.41) is 12.2.